The second kappa shape index (κ2) is 5.91. The molecule has 3 nitrogen and oxygen atoms in total. The van der Waals surface area contributed by atoms with Crippen LogP contribution in [0.2, 0.25) is 5.02 Å². The minimum absolute atomic E-state index is 0.318. The maximum atomic E-state index is 9.60. The zero-order valence-corrected chi connectivity index (χ0v) is 11.8. The average Bonchev–Trinajstić information content (AvgIpc) is 2.64. The Morgan fingerprint density at radius 2 is 2.00 bits per heavy atom. The SMILES string of the molecule is CC(C)(C)OC=O.Cc1cc(Cl)cc2cc[nH]c12. The van der Waals surface area contributed by atoms with E-state index in [4.69, 9.17) is 11.6 Å². The van der Waals surface area contributed by atoms with Gasteiger partial charge in [-0.2, -0.15) is 0 Å². The maximum Gasteiger partial charge on any atom is 0.293 e. The van der Waals surface area contributed by atoms with Gasteiger partial charge in [0.25, 0.3) is 6.47 Å². The summed E-state index contributed by atoms with van der Waals surface area (Å²) in [4.78, 5) is 12.8. The van der Waals surface area contributed by atoms with Gasteiger partial charge in [-0.25, -0.2) is 0 Å². The highest BCUT2D eigenvalue weighted by Gasteiger charge is 2.07. The minimum Gasteiger partial charge on any atom is -0.462 e. The van der Waals surface area contributed by atoms with Crippen LogP contribution in [0, 0.1) is 6.92 Å². The van der Waals surface area contributed by atoms with Gasteiger partial charge in [-0.15, -0.1) is 0 Å². The number of hydrogen-bond donors (Lipinski definition) is 1. The first kappa shape index (κ1) is 14.6. The molecular weight excluding hydrogens is 250 g/mol. The number of aromatic nitrogens is 1. The third-order valence-electron chi connectivity index (χ3n) is 2.22. The molecule has 0 saturated carbocycles. The maximum absolute atomic E-state index is 9.60. The van der Waals surface area contributed by atoms with Crippen molar-refractivity contribution in [2.45, 2.75) is 33.3 Å². The lowest BCUT2D eigenvalue weighted by atomic mass is 10.2. The molecule has 2 aromatic rings. The van der Waals surface area contributed by atoms with Crippen molar-refractivity contribution < 1.29 is 9.53 Å². The quantitative estimate of drug-likeness (QED) is 0.791. The summed E-state index contributed by atoms with van der Waals surface area (Å²) in [7, 11) is 0. The lowest BCUT2D eigenvalue weighted by molar-refractivity contribution is -0.138. The van der Waals surface area contributed by atoms with E-state index in [1.807, 2.05) is 52.1 Å². The van der Waals surface area contributed by atoms with E-state index < -0.39 is 0 Å². The van der Waals surface area contributed by atoms with Crippen LogP contribution in [0.1, 0.15) is 26.3 Å². The number of halogens is 1. The van der Waals surface area contributed by atoms with Crippen molar-refractivity contribution in [1.29, 1.82) is 0 Å². The molecular formula is C14H18ClNO2. The number of aryl methyl sites for hydroxylation is 1. The zero-order chi connectivity index (χ0) is 13.8. The standard InChI is InChI=1S/C9H8ClN.C5H10O2/c1-6-4-8(10)5-7-2-3-11-9(6)7;1-5(2,3)7-4-6/h2-5,11H,1H3;4H,1-3H3. The second-order valence-electron chi connectivity index (χ2n) is 4.99. The Morgan fingerprint density at radius 1 is 1.33 bits per heavy atom. The van der Waals surface area contributed by atoms with E-state index in [0.29, 0.717) is 6.47 Å². The molecule has 0 aliphatic carbocycles. The monoisotopic (exact) mass is 267 g/mol. The molecule has 1 heterocycles. The van der Waals surface area contributed by atoms with Gasteiger partial charge in [-0.3, -0.25) is 4.79 Å². The molecule has 0 atom stereocenters. The molecule has 0 fully saturated rings. The zero-order valence-electron chi connectivity index (χ0n) is 11.1. The Labute approximate surface area is 112 Å². The second-order valence-corrected chi connectivity index (χ2v) is 5.43. The summed E-state index contributed by atoms with van der Waals surface area (Å²) in [5.74, 6) is 0. The van der Waals surface area contributed by atoms with Crippen LogP contribution in [0.5, 0.6) is 0 Å². The number of H-pyrrole nitrogens is 1. The molecule has 0 spiro atoms. The van der Waals surface area contributed by atoms with Crippen LogP contribution in [-0.4, -0.2) is 17.1 Å². The molecule has 0 bridgehead atoms. The molecule has 0 aliphatic rings. The first-order valence-corrected chi connectivity index (χ1v) is 6.06. The van der Waals surface area contributed by atoms with Gasteiger partial charge in [-0.05, 0) is 51.5 Å². The van der Waals surface area contributed by atoms with E-state index in [1.165, 1.54) is 16.5 Å². The number of benzene rings is 1. The third-order valence-corrected chi connectivity index (χ3v) is 2.44. The Balaban J connectivity index is 0.000000203. The minimum atomic E-state index is -0.318. The lowest BCUT2D eigenvalue weighted by Gasteiger charge is -2.14. The number of carbonyl (C=O) groups excluding carboxylic acids is 1. The predicted octanol–water partition coefficient (Wildman–Crippen LogP) is 4.09. The van der Waals surface area contributed by atoms with Gasteiger partial charge in [0.15, 0.2) is 0 Å². The highest BCUT2D eigenvalue weighted by Crippen LogP contribution is 2.21. The summed E-state index contributed by atoms with van der Waals surface area (Å²) in [5.41, 5.74) is 2.05. The van der Waals surface area contributed by atoms with E-state index >= 15 is 0 Å². The fourth-order valence-corrected chi connectivity index (χ4v) is 1.74. The third kappa shape index (κ3) is 4.41. The molecule has 1 aromatic heterocycles. The van der Waals surface area contributed by atoms with Gasteiger partial charge in [-0.1, -0.05) is 11.6 Å². The van der Waals surface area contributed by atoms with Gasteiger partial charge in [0.2, 0.25) is 0 Å². The Morgan fingerprint density at radius 3 is 2.50 bits per heavy atom. The summed E-state index contributed by atoms with van der Waals surface area (Å²) in [6, 6.07) is 5.94. The molecule has 98 valence electrons. The van der Waals surface area contributed by atoms with Crippen LogP contribution in [0.25, 0.3) is 10.9 Å². The molecule has 0 unspecified atom stereocenters. The fourth-order valence-electron chi connectivity index (χ4n) is 1.46. The molecule has 0 saturated heterocycles. The van der Waals surface area contributed by atoms with Crippen molar-refractivity contribution in [1.82, 2.24) is 4.98 Å². The Bertz CT molecular complexity index is 526. The van der Waals surface area contributed by atoms with Gasteiger partial charge >= 0.3 is 0 Å². The fraction of sp³-hybridized carbons (Fsp3) is 0.357. The van der Waals surface area contributed by atoms with Crippen LogP contribution in [0.3, 0.4) is 0 Å². The van der Waals surface area contributed by atoms with Crippen molar-refractivity contribution >= 4 is 29.0 Å². The van der Waals surface area contributed by atoms with E-state index in [-0.39, 0.29) is 5.60 Å². The normalized spacial score (nSPS) is 10.7. The molecule has 18 heavy (non-hydrogen) atoms. The molecule has 2 rings (SSSR count). The van der Waals surface area contributed by atoms with Crippen molar-refractivity contribution in [3.63, 3.8) is 0 Å². The summed E-state index contributed by atoms with van der Waals surface area (Å²) >= 11 is 5.87. The molecule has 4 heteroatoms. The first-order valence-electron chi connectivity index (χ1n) is 5.68. The van der Waals surface area contributed by atoms with Crippen LogP contribution in [-0.2, 0) is 9.53 Å². The Hall–Kier alpha value is -1.48. The van der Waals surface area contributed by atoms with Crippen LogP contribution < -0.4 is 0 Å². The van der Waals surface area contributed by atoms with Gasteiger partial charge in [0.1, 0.15) is 5.60 Å². The predicted molar refractivity (Wildman–Crippen MR) is 74.9 cm³/mol. The first-order chi connectivity index (χ1) is 8.33. The number of nitrogens with one attached hydrogen (secondary N) is 1. The lowest BCUT2D eigenvalue weighted by Crippen LogP contribution is -2.17. The number of ether oxygens (including phenoxy) is 1. The summed E-state index contributed by atoms with van der Waals surface area (Å²) in [6.45, 7) is 7.97. The molecule has 0 amide bonds. The van der Waals surface area contributed by atoms with Crippen molar-refractivity contribution in [3.8, 4) is 0 Å². The molecule has 1 aromatic carbocycles. The number of aromatic amines is 1. The van der Waals surface area contributed by atoms with Crippen LogP contribution >= 0.6 is 11.6 Å². The smallest absolute Gasteiger partial charge is 0.293 e. The van der Waals surface area contributed by atoms with E-state index in [2.05, 4.69) is 9.72 Å². The largest absolute Gasteiger partial charge is 0.462 e. The molecule has 1 N–H and O–H groups in total. The number of carbonyl (C=O) groups is 1. The van der Waals surface area contributed by atoms with E-state index in [1.54, 1.807) is 0 Å². The topological polar surface area (TPSA) is 42.1 Å². The summed E-state index contributed by atoms with van der Waals surface area (Å²) < 4.78 is 4.55. The van der Waals surface area contributed by atoms with E-state index in [0.717, 1.165) is 5.02 Å². The van der Waals surface area contributed by atoms with Crippen LogP contribution in [0.4, 0.5) is 0 Å². The van der Waals surface area contributed by atoms with Crippen molar-refractivity contribution in [2.24, 2.45) is 0 Å². The highest BCUT2D eigenvalue weighted by molar-refractivity contribution is 6.31. The van der Waals surface area contributed by atoms with Crippen molar-refractivity contribution in [3.05, 3.63) is 35.0 Å². The molecule has 0 aliphatic heterocycles. The van der Waals surface area contributed by atoms with Gasteiger partial charge < -0.3 is 9.72 Å². The number of fused-ring (bicyclic) bond motifs is 1. The Kier molecular flexibility index (Phi) is 4.79. The van der Waals surface area contributed by atoms with E-state index in [9.17, 15) is 4.79 Å². The number of rotatable bonds is 1. The molecule has 0 radical (unpaired) electrons. The van der Waals surface area contributed by atoms with Gasteiger partial charge in [0, 0.05) is 22.1 Å². The van der Waals surface area contributed by atoms with Crippen molar-refractivity contribution in [2.75, 3.05) is 0 Å². The summed E-state index contributed by atoms with van der Waals surface area (Å²) in [6.07, 6.45) is 1.92. The van der Waals surface area contributed by atoms with Gasteiger partial charge in [0.05, 0.1) is 0 Å². The average molecular weight is 268 g/mol. The summed E-state index contributed by atoms with van der Waals surface area (Å²) in [5, 5.41) is 1.98. The van der Waals surface area contributed by atoms with Crippen LogP contribution in [0.15, 0.2) is 24.4 Å². The highest BCUT2D eigenvalue weighted by atomic mass is 35.5. The number of hydrogen-bond acceptors (Lipinski definition) is 2.